The average Bonchev–Trinajstić information content (AvgIpc) is 2.42. The van der Waals surface area contributed by atoms with Crippen molar-refractivity contribution in [1.82, 2.24) is 0 Å². The Bertz CT molecular complexity index is 570. The second-order valence-electron chi connectivity index (χ2n) is 4.39. The molecule has 0 saturated carbocycles. The van der Waals surface area contributed by atoms with Gasteiger partial charge in [0.2, 0.25) is 0 Å². The van der Waals surface area contributed by atoms with Crippen molar-refractivity contribution in [2.75, 3.05) is 0 Å². The molecule has 0 aliphatic carbocycles. The van der Waals surface area contributed by atoms with Crippen LogP contribution in [-0.4, -0.2) is 0 Å². The zero-order valence-corrected chi connectivity index (χ0v) is 13.4. The number of rotatable bonds is 3. The Morgan fingerprint density at radius 2 is 1.63 bits per heavy atom. The second kappa shape index (κ2) is 6.14. The molecule has 0 N–H and O–H groups in total. The van der Waals surface area contributed by atoms with E-state index in [4.69, 9.17) is 0 Å². The molecular weight excluding hydrogens is 378 g/mol. The van der Waals surface area contributed by atoms with Gasteiger partial charge < -0.3 is 0 Å². The standard InChI is InChI=1S/C15H12Br2F2/c1-9(10-5-3-2-4-6-10)15(17)11-7-14(19)12(16)8-13(11)18/h2-9,15H,1H3. The van der Waals surface area contributed by atoms with E-state index in [9.17, 15) is 8.78 Å². The lowest BCUT2D eigenvalue weighted by Gasteiger charge is -2.20. The highest BCUT2D eigenvalue weighted by atomic mass is 79.9. The van der Waals surface area contributed by atoms with Crippen molar-refractivity contribution in [3.8, 4) is 0 Å². The molecule has 2 aromatic carbocycles. The minimum atomic E-state index is -0.457. The zero-order valence-electron chi connectivity index (χ0n) is 10.2. The van der Waals surface area contributed by atoms with Crippen LogP contribution in [0.1, 0.15) is 28.8 Å². The van der Waals surface area contributed by atoms with E-state index in [0.717, 1.165) is 11.6 Å². The normalized spacial score (nSPS) is 14.2. The number of halogens is 4. The third-order valence-electron chi connectivity index (χ3n) is 3.10. The van der Waals surface area contributed by atoms with Gasteiger partial charge in [0.05, 0.1) is 4.47 Å². The molecule has 2 rings (SSSR count). The van der Waals surface area contributed by atoms with Crippen molar-refractivity contribution in [3.05, 3.63) is 69.7 Å². The molecule has 0 fully saturated rings. The van der Waals surface area contributed by atoms with Gasteiger partial charge in [0, 0.05) is 10.4 Å². The Morgan fingerprint density at radius 3 is 2.26 bits per heavy atom. The van der Waals surface area contributed by atoms with E-state index >= 15 is 0 Å². The molecule has 2 aromatic rings. The average molecular weight is 390 g/mol. The summed E-state index contributed by atoms with van der Waals surface area (Å²) in [6.07, 6.45) is 0. The number of benzene rings is 2. The maximum absolute atomic E-state index is 13.9. The smallest absolute Gasteiger partial charge is 0.137 e. The molecule has 2 atom stereocenters. The lowest BCUT2D eigenvalue weighted by atomic mass is 9.93. The highest BCUT2D eigenvalue weighted by Crippen LogP contribution is 2.39. The van der Waals surface area contributed by atoms with Crippen molar-refractivity contribution in [2.45, 2.75) is 17.7 Å². The van der Waals surface area contributed by atoms with Gasteiger partial charge in [-0.1, -0.05) is 53.2 Å². The first-order valence-electron chi connectivity index (χ1n) is 5.84. The third kappa shape index (κ3) is 3.23. The molecule has 0 heterocycles. The molecule has 4 heteroatoms. The van der Waals surface area contributed by atoms with Crippen LogP contribution in [0.2, 0.25) is 0 Å². The monoisotopic (exact) mass is 388 g/mol. The Morgan fingerprint density at radius 1 is 1.00 bits per heavy atom. The first-order valence-corrected chi connectivity index (χ1v) is 7.55. The van der Waals surface area contributed by atoms with E-state index in [1.807, 2.05) is 37.3 Å². The summed E-state index contributed by atoms with van der Waals surface area (Å²) in [6.45, 7) is 1.98. The van der Waals surface area contributed by atoms with Crippen LogP contribution in [0.25, 0.3) is 0 Å². The molecule has 0 radical (unpaired) electrons. The van der Waals surface area contributed by atoms with Gasteiger partial charge in [-0.2, -0.15) is 0 Å². The summed E-state index contributed by atoms with van der Waals surface area (Å²) < 4.78 is 27.6. The fourth-order valence-electron chi connectivity index (χ4n) is 1.94. The summed E-state index contributed by atoms with van der Waals surface area (Å²) in [6, 6.07) is 12.2. The fraction of sp³-hybridized carbons (Fsp3) is 0.200. The summed E-state index contributed by atoms with van der Waals surface area (Å²) in [7, 11) is 0. The minimum Gasteiger partial charge on any atom is -0.207 e. The van der Waals surface area contributed by atoms with Gasteiger partial charge in [-0.3, -0.25) is 0 Å². The van der Waals surface area contributed by atoms with Crippen molar-refractivity contribution in [3.63, 3.8) is 0 Å². The molecule has 0 spiro atoms. The van der Waals surface area contributed by atoms with Crippen LogP contribution in [0.3, 0.4) is 0 Å². The van der Waals surface area contributed by atoms with Gasteiger partial charge in [-0.25, -0.2) is 8.78 Å². The molecule has 100 valence electrons. The van der Waals surface area contributed by atoms with E-state index in [1.54, 1.807) is 0 Å². The van der Waals surface area contributed by atoms with E-state index in [0.29, 0.717) is 5.56 Å². The summed E-state index contributed by atoms with van der Waals surface area (Å²) in [5.74, 6) is -0.838. The summed E-state index contributed by atoms with van der Waals surface area (Å²) >= 11 is 6.46. The van der Waals surface area contributed by atoms with Crippen molar-refractivity contribution >= 4 is 31.9 Å². The minimum absolute atomic E-state index is 0.0382. The lowest BCUT2D eigenvalue weighted by molar-refractivity contribution is 0.570. The Balaban J connectivity index is 2.34. The molecule has 0 nitrogen and oxygen atoms in total. The Labute approximate surface area is 128 Å². The molecule has 0 aromatic heterocycles. The largest absolute Gasteiger partial charge is 0.207 e. The number of alkyl halides is 1. The SMILES string of the molecule is CC(c1ccccc1)C(Br)c1cc(F)c(Br)cc1F. The molecule has 0 bridgehead atoms. The van der Waals surface area contributed by atoms with Gasteiger partial charge in [-0.05, 0) is 39.5 Å². The van der Waals surface area contributed by atoms with E-state index in [2.05, 4.69) is 31.9 Å². The van der Waals surface area contributed by atoms with Crippen molar-refractivity contribution in [2.24, 2.45) is 0 Å². The van der Waals surface area contributed by atoms with Gasteiger partial charge >= 0.3 is 0 Å². The van der Waals surface area contributed by atoms with E-state index in [-0.39, 0.29) is 15.2 Å². The molecule has 0 aliphatic heterocycles. The summed E-state index contributed by atoms with van der Waals surface area (Å²) in [5, 5.41) is 0. The highest BCUT2D eigenvalue weighted by molar-refractivity contribution is 9.10. The van der Waals surface area contributed by atoms with Crippen LogP contribution < -0.4 is 0 Å². The molecule has 0 amide bonds. The second-order valence-corrected chi connectivity index (χ2v) is 6.23. The van der Waals surface area contributed by atoms with Crippen LogP contribution in [0.15, 0.2) is 46.9 Å². The molecule has 0 aliphatic rings. The molecule has 0 saturated heterocycles. The molecule has 2 unspecified atom stereocenters. The van der Waals surface area contributed by atoms with Gasteiger partial charge in [0.25, 0.3) is 0 Å². The summed E-state index contributed by atoms with van der Waals surface area (Å²) in [4.78, 5) is -0.280. The van der Waals surface area contributed by atoms with Gasteiger partial charge in [0.1, 0.15) is 11.6 Å². The van der Waals surface area contributed by atoms with E-state index < -0.39 is 11.6 Å². The van der Waals surface area contributed by atoms with Crippen LogP contribution in [0, 0.1) is 11.6 Å². The maximum atomic E-state index is 13.9. The number of hydrogen-bond acceptors (Lipinski definition) is 0. The van der Waals surface area contributed by atoms with Crippen LogP contribution in [-0.2, 0) is 0 Å². The van der Waals surface area contributed by atoms with Crippen LogP contribution in [0.4, 0.5) is 8.78 Å². The predicted octanol–water partition coefficient (Wildman–Crippen LogP) is 5.97. The topological polar surface area (TPSA) is 0 Å². The first kappa shape index (κ1) is 14.7. The Kier molecular flexibility index (Phi) is 4.74. The fourth-order valence-corrected chi connectivity index (χ4v) is 2.92. The molecular formula is C15H12Br2F2. The molecule has 19 heavy (non-hydrogen) atoms. The third-order valence-corrected chi connectivity index (χ3v) is 4.99. The first-order chi connectivity index (χ1) is 9.00. The quantitative estimate of drug-likeness (QED) is 0.448. The lowest BCUT2D eigenvalue weighted by Crippen LogP contribution is -2.05. The van der Waals surface area contributed by atoms with Gasteiger partial charge in [0.15, 0.2) is 0 Å². The summed E-state index contributed by atoms with van der Waals surface area (Å²) in [5.41, 5.74) is 1.41. The predicted molar refractivity (Wildman–Crippen MR) is 80.6 cm³/mol. The maximum Gasteiger partial charge on any atom is 0.137 e. The highest BCUT2D eigenvalue weighted by Gasteiger charge is 2.22. The van der Waals surface area contributed by atoms with Crippen molar-refractivity contribution < 1.29 is 8.78 Å². The van der Waals surface area contributed by atoms with Crippen molar-refractivity contribution in [1.29, 1.82) is 0 Å². The number of hydrogen-bond donors (Lipinski definition) is 0. The van der Waals surface area contributed by atoms with Crippen LogP contribution >= 0.6 is 31.9 Å². The van der Waals surface area contributed by atoms with Crippen LogP contribution in [0.5, 0.6) is 0 Å². The van der Waals surface area contributed by atoms with E-state index in [1.165, 1.54) is 6.07 Å². The Hall–Kier alpha value is -0.740. The van der Waals surface area contributed by atoms with Gasteiger partial charge in [-0.15, -0.1) is 0 Å². The zero-order chi connectivity index (χ0) is 14.0.